The van der Waals surface area contributed by atoms with E-state index in [-0.39, 0.29) is 12.3 Å². The van der Waals surface area contributed by atoms with Crippen molar-refractivity contribution < 1.29 is 5.11 Å². The number of hydrogen-bond donors (Lipinski definition) is 2. The van der Waals surface area contributed by atoms with Crippen LogP contribution in [0, 0.1) is 0 Å². The fourth-order valence-corrected chi connectivity index (χ4v) is 1.44. The van der Waals surface area contributed by atoms with Crippen LogP contribution in [-0.2, 0) is 0 Å². The first-order chi connectivity index (χ1) is 4.63. The predicted molar refractivity (Wildman–Crippen MR) is 39.0 cm³/mol. The smallest absolute Gasteiger partial charge is 0.101 e. The summed E-state index contributed by atoms with van der Waals surface area (Å²) >= 11 is 0. The Morgan fingerprint density at radius 1 is 1.60 bits per heavy atom. The quantitative estimate of drug-likeness (QED) is 0.456. The molecule has 2 unspecified atom stereocenters. The van der Waals surface area contributed by atoms with Crippen molar-refractivity contribution in [2.45, 2.75) is 19.2 Å². The van der Waals surface area contributed by atoms with Crippen molar-refractivity contribution in [3.8, 4) is 0 Å². The molecule has 1 saturated heterocycles. The van der Waals surface area contributed by atoms with Gasteiger partial charge in [-0.2, -0.15) is 0 Å². The fourth-order valence-electron chi connectivity index (χ4n) is 1.44. The van der Waals surface area contributed by atoms with Gasteiger partial charge in [0.25, 0.3) is 0 Å². The maximum Gasteiger partial charge on any atom is 0.101 e. The lowest BCUT2D eigenvalue weighted by molar-refractivity contribution is 0.0252. The second kappa shape index (κ2) is 2.84. The second-order valence-electron chi connectivity index (χ2n) is 2.87. The molecule has 0 aromatic rings. The highest BCUT2D eigenvalue weighted by Crippen LogP contribution is 2.10. The third-order valence-corrected chi connectivity index (χ3v) is 1.93. The van der Waals surface area contributed by atoms with Gasteiger partial charge in [-0.1, -0.05) is 0 Å². The number of hydrazine groups is 1. The molecular weight excluding hydrogens is 130 g/mol. The lowest BCUT2D eigenvalue weighted by atomic mass is 10.3. The first kappa shape index (κ1) is 7.94. The lowest BCUT2D eigenvalue weighted by Gasteiger charge is -2.26. The highest BCUT2D eigenvalue weighted by atomic mass is 16.3. The number of likely N-dealkylation sites (N-methyl/N-ethyl adjacent to an activating group) is 1. The van der Waals surface area contributed by atoms with Crippen LogP contribution in [-0.4, -0.2) is 47.4 Å². The minimum Gasteiger partial charge on any atom is -0.390 e. The first-order valence-electron chi connectivity index (χ1n) is 3.52. The van der Waals surface area contributed by atoms with Gasteiger partial charge in [-0.05, 0) is 14.0 Å². The molecule has 1 aliphatic rings. The molecule has 1 aliphatic heterocycles. The Kier molecular flexibility index (Phi) is 2.25. The van der Waals surface area contributed by atoms with Crippen LogP contribution in [0.15, 0.2) is 0 Å². The largest absolute Gasteiger partial charge is 0.390 e. The van der Waals surface area contributed by atoms with Crippen molar-refractivity contribution in [1.82, 2.24) is 9.91 Å². The van der Waals surface area contributed by atoms with E-state index < -0.39 is 0 Å². The number of rotatable bonds is 1. The summed E-state index contributed by atoms with van der Waals surface area (Å²) < 4.78 is 0. The van der Waals surface area contributed by atoms with Gasteiger partial charge in [0.1, 0.15) is 6.17 Å². The predicted octanol–water partition coefficient (Wildman–Crippen LogP) is -1.19. The van der Waals surface area contributed by atoms with Crippen molar-refractivity contribution in [1.29, 1.82) is 0 Å². The van der Waals surface area contributed by atoms with Gasteiger partial charge in [0.05, 0.1) is 6.10 Å². The second-order valence-corrected chi connectivity index (χ2v) is 2.87. The molecule has 0 saturated carbocycles. The van der Waals surface area contributed by atoms with Crippen molar-refractivity contribution in [3.63, 3.8) is 0 Å². The maximum atomic E-state index is 9.23. The van der Waals surface area contributed by atoms with Crippen LogP contribution >= 0.6 is 0 Å². The SMILES string of the molecule is CC(O)C1N(C)CCN1N. The van der Waals surface area contributed by atoms with Crippen LogP contribution in [0.2, 0.25) is 0 Å². The number of aliphatic hydroxyl groups is 1. The summed E-state index contributed by atoms with van der Waals surface area (Å²) in [5.41, 5.74) is 0. The Morgan fingerprint density at radius 2 is 2.20 bits per heavy atom. The topological polar surface area (TPSA) is 52.7 Å². The first-order valence-corrected chi connectivity index (χ1v) is 3.52. The molecule has 0 amide bonds. The van der Waals surface area contributed by atoms with E-state index in [1.165, 1.54) is 0 Å². The number of nitrogens with zero attached hydrogens (tertiary/aromatic N) is 2. The normalized spacial score (nSPS) is 33.0. The van der Waals surface area contributed by atoms with E-state index in [2.05, 4.69) is 0 Å². The standard InChI is InChI=1S/C6H15N3O/c1-5(10)6-8(2)3-4-9(6)7/h5-6,10H,3-4,7H2,1-2H3. The van der Waals surface area contributed by atoms with Gasteiger partial charge in [-0.15, -0.1) is 0 Å². The van der Waals surface area contributed by atoms with Crippen molar-refractivity contribution in [2.75, 3.05) is 20.1 Å². The van der Waals surface area contributed by atoms with Crippen molar-refractivity contribution in [3.05, 3.63) is 0 Å². The van der Waals surface area contributed by atoms with E-state index in [0.717, 1.165) is 13.1 Å². The zero-order valence-corrected chi connectivity index (χ0v) is 6.49. The molecule has 3 N–H and O–H groups in total. The summed E-state index contributed by atoms with van der Waals surface area (Å²) in [5.74, 6) is 5.60. The Morgan fingerprint density at radius 3 is 2.40 bits per heavy atom. The van der Waals surface area contributed by atoms with Gasteiger partial charge in [-0.25, -0.2) is 5.01 Å². The Labute approximate surface area is 61.2 Å². The Balaban J connectivity index is 2.54. The van der Waals surface area contributed by atoms with Crippen molar-refractivity contribution in [2.24, 2.45) is 5.84 Å². The molecule has 0 bridgehead atoms. The summed E-state index contributed by atoms with van der Waals surface area (Å²) in [6.45, 7) is 3.53. The van der Waals surface area contributed by atoms with Gasteiger partial charge in [0, 0.05) is 13.1 Å². The minimum absolute atomic E-state index is 0. The van der Waals surface area contributed by atoms with Gasteiger partial charge in [0.15, 0.2) is 0 Å². The van der Waals surface area contributed by atoms with E-state index in [4.69, 9.17) is 5.84 Å². The van der Waals surface area contributed by atoms with Crippen LogP contribution in [0.5, 0.6) is 0 Å². The minimum atomic E-state index is -0.377. The average molecular weight is 145 g/mol. The average Bonchev–Trinajstić information content (AvgIpc) is 2.11. The highest BCUT2D eigenvalue weighted by molar-refractivity contribution is 4.79. The summed E-state index contributed by atoms with van der Waals surface area (Å²) in [5, 5.41) is 10.9. The molecule has 4 heteroatoms. The third-order valence-electron chi connectivity index (χ3n) is 1.93. The zero-order valence-electron chi connectivity index (χ0n) is 6.49. The van der Waals surface area contributed by atoms with E-state index in [1.807, 2.05) is 11.9 Å². The Hall–Kier alpha value is -0.160. The molecule has 60 valence electrons. The molecule has 1 rings (SSSR count). The molecule has 0 aromatic heterocycles. The van der Waals surface area contributed by atoms with Gasteiger partial charge in [-0.3, -0.25) is 10.7 Å². The van der Waals surface area contributed by atoms with E-state index in [0.29, 0.717) is 0 Å². The van der Waals surface area contributed by atoms with Crippen LogP contribution in [0.3, 0.4) is 0 Å². The fraction of sp³-hybridized carbons (Fsp3) is 1.00. The van der Waals surface area contributed by atoms with E-state index in [1.54, 1.807) is 11.9 Å². The van der Waals surface area contributed by atoms with Crippen LogP contribution in [0.4, 0.5) is 0 Å². The molecule has 0 aliphatic carbocycles. The molecule has 4 nitrogen and oxygen atoms in total. The number of nitrogens with two attached hydrogens (primary N) is 1. The van der Waals surface area contributed by atoms with Crippen LogP contribution < -0.4 is 5.84 Å². The summed E-state index contributed by atoms with van der Waals surface area (Å²) in [4.78, 5) is 2.05. The summed E-state index contributed by atoms with van der Waals surface area (Å²) in [6.07, 6.45) is -0.377. The molecule has 1 fully saturated rings. The maximum absolute atomic E-state index is 9.23. The monoisotopic (exact) mass is 145 g/mol. The summed E-state index contributed by atoms with van der Waals surface area (Å²) in [7, 11) is 1.96. The molecule has 0 spiro atoms. The molecule has 10 heavy (non-hydrogen) atoms. The molecular formula is C6H15N3O. The number of hydrogen-bond acceptors (Lipinski definition) is 4. The van der Waals surface area contributed by atoms with E-state index in [9.17, 15) is 5.11 Å². The third kappa shape index (κ3) is 1.29. The lowest BCUT2D eigenvalue weighted by Crippen LogP contribution is -2.48. The molecule has 0 aromatic carbocycles. The van der Waals surface area contributed by atoms with Crippen LogP contribution in [0.1, 0.15) is 6.92 Å². The highest BCUT2D eigenvalue weighted by Gasteiger charge is 2.30. The number of aliphatic hydroxyl groups excluding tert-OH is 1. The Bertz CT molecular complexity index is 108. The van der Waals surface area contributed by atoms with Crippen molar-refractivity contribution >= 4 is 0 Å². The van der Waals surface area contributed by atoms with E-state index >= 15 is 0 Å². The van der Waals surface area contributed by atoms with Gasteiger partial charge in [0.2, 0.25) is 0 Å². The van der Waals surface area contributed by atoms with Crippen LogP contribution in [0.25, 0.3) is 0 Å². The van der Waals surface area contributed by atoms with Gasteiger partial charge < -0.3 is 5.11 Å². The summed E-state index contributed by atoms with van der Waals surface area (Å²) in [6, 6.07) is 0. The molecule has 0 radical (unpaired) electrons. The zero-order chi connectivity index (χ0) is 7.72. The van der Waals surface area contributed by atoms with Gasteiger partial charge >= 0.3 is 0 Å². The molecule has 1 heterocycles. The molecule has 2 atom stereocenters.